The molecule has 1 aliphatic rings. The van der Waals surface area contributed by atoms with Crippen molar-refractivity contribution in [3.63, 3.8) is 0 Å². The molecule has 1 N–H and O–H groups in total. The zero-order valence-corrected chi connectivity index (χ0v) is 13.1. The number of halogens is 1. The molecule has 3 atom stereocenters. The second-order valence-corrected chi connectivity index (χ2v) is 7.09. The van der Waals surface area contributed by atoms with Crippen molar-refractivity contribution in [3.8, 4) is 0 Å². The van der Waals surface area contributed by atoms with Gasteiger partial charge in [0.25, 0.3) is 5.56 Å². The van der Waals surface area contributed by atoms with Crippen LogP contribution in [0.15, 0.2) is 22.2 Å². The highest BCUT2D eigenvalue weighted by Crippen LogP contribution is 2.39. The van der Waals surface area contributed by atoms with Gasteiger partial charge in [-0.2, -0.15) is 9.97 Å². The van der Waals surface area contributed by atoms with Gasteiger partial charge >= 0.3 is 5.16 Å². The summed E-state index contributed by atoms with van der Waals surface area (Å²) in [5, 5.41) is 10.9. The summed E-state index contributed by atoms with van der Waals surface area (Å²) in [6, 6.07) is 0.506. The minimum absolute atomic E-state index is 0.0740. The van der Waals surface area contributed by atoms with Gasteiger partial charge in [0.05, 0.1) is 11.6 Å². The molecule has 22 heavy (non-hydrogen) atoms. The van der Waals surface area contributed by atoms with Crippen LogP contribution in [0.4, 0.5) is 4.39 Å². The standard InChI is InChI=1S/C14H16FN3O3S/c1-14(20)5-3-4-10(14)18-11-8(6-9(15)12(18)19)7-16-13(17-11)22(2)21/h6-7,10,20H,3-5H2,1-2H3/t10-,14-,22?/m1/s1. The van der Waals surface area contributed by atoms with Gasteiger partial charge in [0.15, 0.2) is 11.5 Å². The van der Waals surface area contributed by atoms with Gasteiger partial charge in [-0.05, 0) is 32.3 Å². The van der Waals surface area contributed by atoms with Crippen LogP contribution in [0.5, 0.6) is 0 Å². The van der Waals surface area contributed by atoms with Crippen molar-refractivity contribution in [3.05, 3.63) is 28.4 Å². The zero-order chi connectivity index (χ0) is 16.1. The van der Waals surface area contributed by atoms with Gasteiger partial charge in [-0.3, -0.25) is 9.36 Å². The molecule has 2 heterocycles. The van der Waals surface area contributed by atoms with Crippen molar-refractivity contribution in [1.29, 1.82) is 0 Å². The lowest BCUT2D eigenvalue weighted by atomic mass is 10.00. The van der Waals surface area contributed by atoms with Crippen LogP contribution < -0.4 is 5.56 Å². The number of aliphatic hydroxyl groups is 1. The van der Waals surface area contributed by atoms with Gasteiger partial charge in [0.2, 0.25) is 0 Å². The molecule has 0 amide bonds. The third-order valence-electron chi connectivity index (χ3n) is 4.15. The van der Waals surface area contributed by atoms with E-state index in [1.165, 1.54) is 17.0 Å². The SMILES string of the molecule is C[S+]([O-])c1ncc2cc(F)c(=O)n([C@@H]3CCC[C@@]3(C)O)c2n1. The van der Waals surface area contributed by atoms with Crippen molar-refractivity contribution < 1.29 is 14.0 Å². The first-order valence-corrected chi connectivity index (χ1v) is 8.50. The van der Waals surface area contributed by atoms with Crippen LogP contribution in [0.25, 0.3) is 11.0 Å². The number of hydrogen-bond donors (Lipinski definition) is 1. The summed E-state index contributed by atoms with van der Waals surface area (Å²) >= 11 is -1.42. The number of fused-ring (bicyclic) bond motifs is 1. The lowest BCUT2D eigenvalue weighted by molar-refractivity contribution is 0.0263. The highest BCUT2D eigenvalue weighted by Gasteiger charge is 2.40. The number of pyridine rings is 1. The van der Waals surface area contributed by atoms with Crippen LogP contribution in [0.2, 0.25) is 0 Å². The van der Waals surface area contributed by atoms with Crippen molar-refractivity contribution in [2.24, 2.45) is 0 Å². The van der Waals surface area contributed by atoms with E-state index in [1.807, 2.05) is 0 Å². The summed E-state index contributed by atoms with van der Waals surface area (Å²) in [5.41, 5.74) is -1.73. The average Bonchev–Trinajstić information content (AvgIpc) is 2.79. The maximum atomic E-state index is 13.9. The van der Waals surface area contributed by atoms with E-state index in [-0.39, 0.29) is 10.8 Å². The molecule has 1 fully saturated rings. The third kappa shape index (κ3) is 2.41. The fourth-order valence-corrected chi connectivity index (χ4v) is 3.45. The molecule has 0 spiro atoms. The molecule has 0 saturated heterocycles. The Balaban J connectivity index is 2.33. The quantitative estimate of drug-likeness (QED) is 0.660. The van der Waals surface area contributed by atoms with Gasteiger partial charge in [-0.1, -0.05) is 0 Å². The van der Waals surface area contributed by atoms with E-state index in [0.717, 1.165) is 12.5 Å². The first kappa shape index (κ1) is 15.4. The Bertz CT molecular complexity index is 791. The molecular formula is C14H16FN3O3S. The molecule has 8 heteroatoms. The van der Waals surface area contributed by atoms with Gasteiger partial charge in [-0.25, -0.2) is 4.39 Å². The minimum atomic E-state index is -1.42. The second-order valence-electron chi connectivity index (χ2n) is 5.82. The fraction of sp³-hybridized carbons (Fsp3) is 0.500. The van der Waals surface area contributed by atoms with Crippen LogP contribution in [-0.2, 0) is 11.2 Å². The van der Waals surface area contributed by atoms with Gasteiger partial charge < -0.3 is 9.66 Å². The van der Waals surface area contributed by atoms with E-state index in [2.05, 4.69) is 9.97 Å². The molecule has 0 aliphatic heterocycles. The van der Waals surface area contributed by atoms with Crippen LogP contribution in [0.3, 0.4) is 0 Å². The van der Waals surface area contributed by atoms with Crippen molar-refractivity contribution in [1.82, 2.24) is 14.5 Å². The molecule has 6 nitrogen and oxygen atoms in total. The molecule has 0 bridgehead atoms. The summed E-state index contributed by atoms with van der Waals surface area (Å²) < 4.78 is 26.7. The first-order chi connectivity index (χ1) is 10.3. The maximum absolute atomic E-state index is 13.9. The van der Waals surface area contributed by atoms with E-state index in [0.29, 0.717) is 18.2 Å². The summed E-state index contributed by atoms with van der Waals surface area (Å²) in [7, 11) is 0. The average molecular weight is 325 g/mol. The lowest BCUT2D eigenvalue weighted by Gasteiger charge is -2.28. The van der Waals surface area contributed by atoms with E-state index in [1.54, 1.807) is 6.92 Å². The van der Waals surface area contributed by atoms with Gasteiger partial charge in [-0.15, -0.1) is 0 Å². The fourth-order valence-electron chi connectivity index (χ4n) is 3.04. The van der Waals surface area contributed by atoms with Crippen molar-refractivity contribution in [2.75, 3.05) is 6.26 Å². The lowest BCUT2D eigenvalue weighted by Crippen LogP contribution is -2.38. The Labute approximate surface area is 129 Å². The number of nitrogens with zero attached hydrogens (tertiary/aromatic N) is 3. The topological polar surface area (TPSA) is 91.1 Å². The normalized spacial score (nSPS) is 26.5. The number of hydrogen-bond acceptors (Lipinski definition) is 5. The second kappa shape index (κ2) is 5.29. The van der Waals surface area contributed by atoms with E-state index >= 15 is 0 Å². The van der Waals surface area contributed by atoms with Gasteiger partial charge in [0, 0.05) is 22.8 Å². The summed E-state index contributed by atoms with van der Waals surface area (Å²) in [5.74, 6) is -0.913. The van der Waals surface area contributed by atoms with E-state index < -0.39 is 34.2 Å². The molecule has 2 aromatic rings. The molecule has 1 saturated carbocycles. The first-order valence-electron chi connectivity index (χ1n) is 6.95. The Morgan fingerprint density at radius 2 is 2.32 bits per heavy atom. The van der Waals surface area contributed by atoms with Crippen LogP contribution in [0.1, 0.15) is 32.2 Å². The van der Waals surface area contributed by atoms with Crippen LogP contribution in [0, 0.1) is 5.82 Å². The molecule has 2 aromatic heterocycles. The molecule has 0 aromatic carbocycles. The van der Waals surface area contributed by atoms with Crippen molar-refractivity contribution >= 4 is 22.2 Å². The Morgan fingerprint density at radius 1 is 1.59 bits per heavy atom. The van der Waals surface area contributed by atoms with Gasteiger partial charge in [0.1, 0.15) is 6.26 Å². The van der Waals surface area contributed by atoms with E-state index in [4.69, 9.17) is 0 Å². The van der Waals surface area contributed by atoms with Crippen molar-refractivity contribution in [2.45, 2.75) is 43.0 Å². The predicted octanol–water partition coefficient (Wildman–Crippen LogP) is 1.14. The Morgan fingerprint density at radius 3 is 2.91 bits per heavy atom. The molecule has 1 unspecified atom stereocenters. The molecule has 0 radical (unpaired) electrons. The van der Waals surface area contributed by atoms with E-state index in [9.17, 15) is 18.8 Å². The Kier molecular flexibility index (Phi) is 3.70. The highest BCUT2D eigenvalue weighted by atomic mass is 32.2. The number of aromatic nitrogens is 3. The monoisotopic (exact) mass is 325 g/mol. The predicted molar refractivity (Wildman–Crippen MR) is 79.6 cm³/mol. The largest absolute Gasteiger partial charge is 0.609 e. The third-order valence-corrected chi connectivity index (χ3v) is 4.87. The summed E-state index contributed by atoms with van der Waals surface area (Å²) in [4.78, 5) is 20.4. The molecule has 118 valence electrons. The summed E-state index contributed by atoms with van der Waals surface area (Å²) in [6.07, 6.45) is 4.60. The molecular weight excluding hydrogens is 309 g/mol. The minimum Gasteiger partial charge on any atom is -0.609 e. The zero-order valence-electron chi connectivity index (χ0n) is 12.2. The van der Waals surface area contributed by atoms with Crippen LogP contribution >= 0.6 is 0 Å². The molecule has 3 rings (SSSR count). The highest BCUT2D eigenvalue weighted by molar-refractivity contribution is 7.90. The smallest absolute Gasteiger partial charge is 0.344 e. The van der Waals surface area contributed by atoms with Crippen LogP contribution in [-0.4, -0.2) is 36.1 Å². The maximum Gasteiger partial charge on any atom is 0.344 e. The summed E-state index contributed by atoms with van der Waals surface area (Å²) in [6.45, 7) is 1.63. The number of rotatable bonds is 2. The molecule has 1 aliphatic carbocycles. The Hall–Kier alpha value is -1.51.